The van der Waals surface area contributed by atoms with Gasteiger partial charge in [0.05, 0.1) is 64.5 Å². The molecular weight excluding hydrogens is 1520 g/mol. The van der Waals surface area contributed by atoms with Gasteiger partial charge in [0.2, 0.25) is 45.6 Å². The number of halogens is 1. The molecule has 0 amide bonds. The van der Waals surface area contributed by atoms with Crippen LogP contribution in [-0.2, 0) is 16.6 Å². The third kappa shape index (κ3) is 19.9. The summed E-state index contributed by atoms with van der Waals surface area (Å²) in [4.78, 5) is 67.7. The van der Waals surface area contributed by atoms with Crippen LogP contribution in [0.2, 0.25) is 0 Å². The quantitative estimate of drug-likeness (QED) is 0.0329. The largest absolute Gasteiger partial charge is 0.489 e. The van der Waals surface area contributed by atoms with Crippen LogP contribution in [-0.4, -0.2) is 73.1 Å². The number of ether oxygens (including phenoxy) is 1. The highest BCUT2D eigenvalue weighted by Crippen LogP contribution is 2.39. The van der Waals surface area contributed by atoms with Crippen molar-refractivity contribution in [1.29, 1.82) is 0 Å². The Morgan fingerprint density at radius 1 is 0.464 bits per heavy atom. The predicted octanol–water partition coefficient (Wildman–Crippen LogP) is 20.1. The zero-order chi connectivity index (χ0) is 77.2. The van der Waals surface area contributed by atoms with Crippen molar-refractivity contribution in [3.63, 3.8) is 0 Å². The van der Waals surface area contributed by atoms with E-state index in [0.717, 1.165) is 86.1 Å². The van der Waals surface area contributed by atoms with Crippen LogP contribution in [0.25, 0.3) is 86.7 Å². The Hall–Kier alpha value is -13.8. The number of hydrogen-bond donors (Lipinski definition) is 5. The lowest BCUT2D eigenvalue weighted by Crippen LogP contribution is -2.11. The number of non-ortho nitro benzene ring substituents is 1. The predicted molar refractivity (Wildman–Crippen MR) is 436 cm³/mol. The number of benzene rings is 7. The number of thiazole rings is 2. The molecular formula is C81H61FN18O7S5. The molecule has 0 fully saturated rings. The molecule has 25 nitrogen and oxygen atoms in total. The summed E-state index contributed by atoms with van der Waals surface area (Å²) in [5, 5.41) is 34.3. The molecule has 554 valence electrons. The topological polar surface area (TPSA) is 342 Å². The van der Waals surface area contributed by atoms with Crippen molar-refractivity contribution >= 4 is 108 Å². The van der Waals surface area contributed by atoms with Gasteiger partial charge in [-0.3, -0.25) is 10.1 Å². The highest BCUT2D eigenvalue weighted by Gasteiger charge is 2.19. The number of sulfonamides is 1. The van der Waals surface area contributed by atoms with Crippen molar-refractivity contribution in [2.24, 2.45) is 5.14 Å². The van der Waals surface area contributed by atoms with Crippen LogP contribution in [0.3, 0.4) is 0 Å². The molecule has 31 heteroatoms. The molecule has 0 aliphatic carbocycles. The van der Waals surface area contributed by atoms with E-state index in [0.29, 0.717) is 76.5 Å². The molecule has 17 aromatic rings. The Labute approximate surface area is 655 Å². The summed E-state index contributed by atoms with van der Waals surface area (Å²) in [7, 11) is -3.72. The monoisotopic (exact) mass is 1580 g/mol. The molecule has 0 saturated carbocycles. The molecule has 0 unspecified atom stereocenters. The molecule has 10 heterocycles. The van der Waals surface area contributed by atoms with E-state index >= 15 is 0 Å². The number of anilines is 8. The molecule has 112 heavy (non-hydrogen) atoms. The summed E-state index contributed by atoms with van der Waals surface area (Å²) in [6.07, 6.45) is 9.95. The summed E-state index contributed by atoms with van der Waals surface area (Å²) in [6.45, 7) is 4.45. The molecule has 0 bridgehead atoms. The lowest BCUT2D eigenvalue weighted by molar-refractivity contribution is -0.384. The molecule has 7 aromatic carbocycles. The van der Waals surface area contributed by atoms with Gasteiger partial charge in [-0.2, -0.15) is 0 Å². The second kappa shape index (κ2) is 35.5. The van der Waals surface area contributed by atoms with E-state index in [2.05, 4.69) is 87.1 Å². The SMILES string of the molecule is Cc1nc(-c2cccs2)sc1-c1ccnc(Nc2ccc(F)cc2)n1.Cc1nc(-c2cccs2)sc1-c1ccnc(Nc2ccc(S(N)(=O)=O)cc2)n1.O=[N+]([O-])c1ccc(Nc2nccc(-c3cnc(-c4ccccc4)o3)n2)cc1.c1ccc(COc2cccc(Nc3nccc(-c4cnc(-c5ccccc5)o4)n3)c2)cc1. The van der Waals surface area contributed by atoms with Crippen molar-refractivity contribution < 1.29 is 31.3 Å². The van der Waals surface area contributed by atoms with E-state index in [1.807, 2.05) is 170 Å². The van der Waals surface area contributed by atoms with E-state index in [-0.39, 0.29) is 16.4 Å². The second-order valence-electron chi connectivity index (χ2n) is 23.9. The summed E-state index contributed by atoms with van der Waals surface area (Å²) < 4.78 is 53.3. The van der Waals surface area contributed by atoms with E-state index in [1.54, 1.807) is 131 Å². The number of oxazole rings is 2. The van der Waals surface area contributed by atoms with Gasteiger partial charge in [-0.1, -0.05) is 84.9 Å². The second-order valence-corrected chi connectivity index (χ2v) is 29.3. The number of rotatable bonds is 21. The fourth-order valence-electron chi connectivity index (χ4n) is 10.5. The lowest BCUT2D eigenvalue weighted by Gasteiger charge is -2.09. The Bertz CT molecular complexity index is 6090. The number of hydrogen-bond acceptors (Lipinski definition) is 27. The van der Waals surface area contributed by atoms with Gasteiger partial charge in [0.15, 0.2) is 11.5 Å². The van der Waals surface area contributed by atoms with E-state index < -0.39 is 14.9 Å². The van der Waals surface area contributed by atoms with Gasteiger partial charge in [-0.15, -0.1) is 45.3 Å². The third-order valence-electron chi connectivity index (χ3n) is 15.9. The molecule has 0 aliphatic heterocycles. The van der Waals surface area contributed by atoms with E-state index in [4.69, 9.17) is 18.7 Å². The third-order valence-corrected chi connectivity index (χ3v) is 21.3. The summed E-state index contributed by atoms with van der Waals surface area (Å²) in [6, 6.07) is 70.6. The fraction of sp³-hybridized carbons (Fsp3) is 0.0370. The first kappa shape index (κ1) is 75.0. The van der Waals surface area contributed by atoms with Crippen LogP contribution >= 0.6 is 45.3 Å². The lowest BCUT2D eigenvalue weighted by atomic mass is 10.2. The number of nitro groups is 1. The smallest absolute Gasteiger partial charge is 0.269 e. The number of nitrogens with one attached hydrogen (secondary N) is 4. The fourth-order valence-corrected chi connectivity index (χ4v) is 14.7. The van der Waals surface area contributed by atoms with Gasteiger partial charge >= 0.3 is 0 Å². The van der Waals surface area contributed by atoms with Crippen molar-refractivity contribution in [2.45, 2.75) is 25.3 Å². The van der Waals surface area contributed by atoms with Crippen LogP contribution in [0.4, 0.5) is 56.6 Å². The van der Waals surface area contributed by atoms with Crippen LogP contribution < -0.4 is 31.1 Å². The average molecular weight is 1580 g/mol. The molecule has 10 aromatic heterocycles. The van der Waals surface area contributed by atoms with E-state index in [1.165, 1.54) is 36.4 Å². The van der Waals surface area contributed by atoms with Gasteiger partial charge in [-0.25, -0.2) is 77.8 Å². The highest BCUT2D eigenvalue weighted by molar-refractivity contribution is 7.89. The summed E-state index contributed by atoms with van der Waals surface area (Å²) in [5.74, 6) is 4.32. The van der Waals surface area contributed by atoms with Gasteiger partial charge in [0.25, 0.3) is 5.69 Å². The van der Waals surface area contributed by atoms with Crippen LogP contribution in [0.1, 0.15) is 17.0 Å². The van der Waals surface area contributed by atoms with Crippen molar-refractivity contribution in [1.82, 2.24) is 59.8 Å². The minimum Gasteiger partial charge on any atom is -0.489 e. The van der Waals surface area contributed by atoms with E-state index in [9.17, 15) is 22.9 Å². The number of aromatic nitrogens is 12. The molecule has 17 rings (SSSR count). The average Bonchev–Trinajstić information content (AvgIpc) is 1.58. The molecule has 6 N–H and O–H groups in total. The zero-order valence-electron chi connectivity index (χ0n) is 59.0. The van der Waals surface area contributed by atoms with Gasteiger partial charge in [0.1, 0.15) is 39.6 Å². The van der Waals surface area contributed by atoms with Crippen molar-refractivity contribution in [2.75, 3.05) is 21.3 Å². The Morgan fingerprint density at radius 3 is 1.32 bits per heavy atom. The van der Waals surface area contributed by atoms with Gasteiger partial charge in [-0.05, 0) is 164 Å². The molecule has 0 aliphatic rings. The van der Waals surface area contributed by atoms with Crippen LogP contribution in [0.5, 0.6) is 5.75 Å². The van der Waals surface area contributed by atoms with Crippen LogP contribution in [0.15, 0.2) is 298 Å². The minimum absolute atomic E-state index is 0.0188. The highest BCUT2D eigenvalue weighted by atomic mass is 32.2. The van der Waals surface area contributed by atoms with Crippen molar-refractivity contribution in [3.8, 4) is 92.5 Å². The maximum absolute atomic E-state index is 13.0. The normalized spacial score (nSPS) is 10.9. The molecule has 0 radical (unpaired) electrons. The molecule has 0 spiro atoms. The maximum Gasteiger partial charge on any atom is 0.269 e. The minimum atomic E-state index is -3.72. The maximum atomic E-state index is 13.0. The molecule has 0 atom stereocenters. The Morgan fingerprint density at radius 2 is 0.884 bits per heavy atom. The van der Waals surface area contributed by atoms with Gasteiger partial charge in [0, 0.05) is 76.9 Å². The number of thiophene rings is 2. The van der Waals surface area contributed by atoms with Crippen LogP contribution in [0, 0.1) is 29.8 Å². The first-order valence-corrected chi connectivity index (χ1v) is 38.9. The number of nitro benzene ring substituents is 1. The Kier molecular flexibility index (Phi) is 23.8. The summed E-state index contributed by atoms with van der Waals surface area (Å²) in [5.41, 5.74) is 10.5. The Balaban J connectivity index is 0.000000124. The number of nitrogens with two attached hydrogens (primary N) is 1. The number of nitrogens with zero attached hydrogens (tertiary/aromatic N) is 13. The number of primary sulfonamides is 1. The number of aryl methyl sites for hydroxylation is 2. The first-order valence-electron chi connectivity index (χ1n) is 34.0. The summed E-state index contributed by atoms with van der Waals surface area (Å²) >= 11 is 6.53. The molecule has 0 saturated heterocycles. The first-order chi connectivity index (χ1) is 54.6. The van der Waals surface area contributed by atoms with Gasteiger partial charge < -0.3 is 34.8 Å². The zero-order valence-corrected chi connectivity index (χ0v) is 63.1. The van der Waals surface area contributed by atoms with Crippen molar-refractivity contribution in [3.05, 3.63) is 317 Å². The standard InChI is InChI=1S/C26H20N4O2.C19H13N5O3.C18H13FN4S2.C18H15N5O2S3/c1-3-8-19(9-4-1)18-31-22-13-7-12-21(16-22)29-26-27-15-14-23(30-26)24-17-28-25(32-24)20-10-5-2-6-11-20;25-24(26)15-8-6-14(7-9-15)22-19-20-11-10-16(23-19)17-12-21-18(27-17)13-4-2-1-3-5-13;1-11-16(25-17(21-11)15-3-2-10-24-15)14-8-9-20-18(23-14)22-13-6-4-12(19)5-7-13;1-11-16(27-17(21-11)15-3-2-10-26-15)14-8-9-20-18(23-14)22-12-4-6-13(7-5-12)28(19,24)25/h1-17H,18H2,(H,27,29,30);1-12H,(H,20,22,23);2-10H,1H3,(H,20,22,23);2-10H,1H3,(H2,19,24,25)(H,20,22,23).